The first kappa shape index (κ1) is 17.6. The Labute approximate surface area is 151 Å². The summed E-state index contributed by atoms with van der Waals surface area (Å²) >= 11 is 1.53. The number of carbonyl (C=O) groups is 1. The molecule has 0 bridgehead atoms. The van der Waals surface area contributed by atoms with Crippen molar-refractivity contribution in [2.75, 3.05) is 6.61 Å². The lowest BCUT2D eigenvalue weighted by Crippen LogP contribution is -2.42. The summed E-state index contributed by atoms with van der Waals surface area (Å²) in [6.45, 7) is 4.05. The number of fused-ring (bicyclic) bond motifs is 1. The Kier molecular flexibility index (Phi) is 5.50. The molecule has 0 aliphatic heterocycles. The number of amides is 1. The van der Waals surface area contributed by atoms with Crippen LogP contribution in [0.15, 0.2) is 41.9 Å². The van der Waals surface area contributed by atoms with E-state index in [0.29, 0.717) is 0 Å². The van der Waals surface area contributed by atoms with Gasteiger partial charge in [0.25, 0.3) is 0 Å². The van der Waals surface area contributed by atoms with Gasteiger partial charge < -0.3 is 10.4 Å². The van der Waals surface area contributed by atoms with E-state index in [1.165, 1.54) is 11.3 Å². The number of aliphatic hydroxyl groups is 1. The summed E-state index contributed by atoms with van der Waals surface area (Å²) in [5, 5.41) is 14.4. The summed E-state index contributed by atoms with van der Waals surface area (Å²) in [5.74, 6) is 0.170. The first-order valence-corrected chi connectivity index (χ1v) is 9.41. The third-order valence-corrected chi connectivity index (χ3v) is 5.46. The molecule has 1 aromatic carbocycles. The summed E-state index contributed by atoms with van der Waals surface area (Å²) in [6, 6.07) is 9.80. The number of carbonyl (C=O) groups excluding carboxylic acids is 1. The summed E-state index contributed by atoms with van der Waals surface area (Å²) < 4.78 is 1.98. The molecule has 1 amide bonds. The third kappa shape index (κ3) is 3.91. The highest BCUT2D eigenvalue weighted by Crippen LogP contribution is 2.23. The van der Waals surface area contributed by atoms with Crippen molar-refractivity contribution in [2.45, 2.75) is 32.7 Å². The van der Waals surface area contributed by atoms with E-state index in [1.807, 2.05) is 53.2 Å². The molecule has 25 heavy (non-hydrogen) atoms. The van der Waals surface area contributed by atoms with Crippen molar-refractivity contribution in [3.63, 3.8) is 0 Å². The normalized spacial score (nSPS) is 13.7. The fourth-order valence-corrected chi connectivity index (χ4v) is 3.65. The van der Waals surface area contributed by atoms with Gasteiger partial charge in [-0.05, 0) is 5.92 Å². The predicted octanol–water partition coefficient (Wildman–Crippen LogP) is 3.13. The summed E-state index contributed by atoms with van der Waals surface area (Å²) in [5.41, 5.74) is 2.88. The second kappa shape index (κ2) is 7.80. The lowest BCUT2D eigenvalue weighted by molar-refractivity contribution is -0.121. The number of hydrogen-bond donors (Lipinski definition) is 2. The molecular weight excluding hydrogens is 334 g/mol. The second-order valence-corrected chi connectivity index (χ2v) is 7.13. The standard InChI is InChI=1S/C19H23N3O2S/c1-3-13(2)17(11-23)20-18(24)9-15-12-25-19-21-16(10-22(15)19)14-7-5-4-6-8-14/h4-8,10,12-13,17,23H,3,9,11H2,1-2H3,(H,20,24). The molecule has 0 aliphatic rings. The minimum absolute atomic E-state index is 0.0387. The third-order valence-electron chi connectivity index (χ3n) is 4.57. The number of nitrogens with one attached hydrogen (secondary N) is 1. The van der Waals surface area contributed by atoms with E-state index in [9.17, 15) is 9.90 Å². The number of thiazole rings is 1. The molecule has 2 atom stereocenters. The largest absolute Gasteiger partial charge is 0.394 e. The average molecular weight is 357 g/mol. The monoisotopic (exact) mass is 357 g/mol. The van der Waals surface area contributed by atoms with Crippen LogP contribution in [-0.2, 0) is 11.2 Å². The smallest absolute Gasteiger partial charge is 0.226 e. The van der Waals surface area contributed by atoms with Crippen LogP contribution in [0.1, 0.15) is 26.0 Å². The number of aliphatic hydroxyl groups excluding tert-OH is 1. The zero-order valence-corrected chi connectivity index (χ0v) is 15.3. The van der Waals surface area contributed by atoms with Gasteiger partial charge in [0.1, 0.15) is 0 Å². The molecule has 2 unspecified atom stereocenters. The van der Waals surface area contributed by atoms with E-state index < -0.39 is 0 Å². The zero-order chi connectivity index (χ0) is 17.8. The van der Waals surface area contributed by atoms with E-state index in [0.717, 1.165) is 28.3 Å². The minimum atomic E-state index is -0.200. The van der Waals surface area contributed by atoms with Crippen LogP contribution in [0.5, 0.6) is 0 Å². The first-order valence-electron chi connectivity index (χ1n) is 8.53. The molecule has 0 saturated carbocycles. The SMILES string of the molecule is CCC(C)C(CO)NC(=O)Cc1csc2nc(-c3ccccc3)cn12. The molecule has 132 valence electrons. The Morgan fingerprint density at radius 3 is 2.80 bits per heavy atom. The zero-order valence-electron chi connectivity index (χ0n) is 14.5. The molecule has 0 fully saturated rings. The van der Waals surface area contributed by atoms with E-state index in [4.69, 9.17) is 0 Å². The molecule has 3 aromatic rings. The van der Waals surface area contributed by atoms with Crippen molar-refractivity contribution in [2.24, 2.45) is 5.92 Å². The number of imidazole rings is 1. The topological polar surface area (TPSA) is 66.6 Å². The molecule has 2 N–H and O–H groups in total. The maximum absolute atomic E-state index is 12.4. The summed E-state index contributed by atoms with van der Waals surface area (Å²) in [6.07, 6.45) is 3.16. The van der Waals surface area contributed by atoms with E-state index >= 15 is 0 Å². The van der Waals surface area contributed by atoms with Crippen LogP contribution in [0.4, 0.5) is 0 Å². The highest BCUT2D eigenvalue weighted by Gasteiger charge is 2.19. The van der Waals surface area contributed by atoms with E-state index in [1.54, 1.807) is 0 Å². The molecule has 0 saturated heterocycles. The van der Waals surface area contributed by atoms with Gasteiger partial charge in [-0.3, -0.25) is 9.20 Å². The van der Waals surface area contributed by atoms with Crippen molar-refractivity contribution in [3.05, 3.63) is 47.6 Å². The Morgan fingerprint density at radius 2 is 2.12 bits per heavy atom. The van der Waals surface area contributed by atoms with Crippen molar-refractivity contribution < 1.29 is 9.90 Å². The van der Waals surface area contributed by atoms with Gasteiger partial charge in [0, 0.05) is 22.8 Å². The van der Waals surface area contributed by atoms with Gasteiger partial charge in [0.15, 0.2) is 4.96 Å². The molecule has 6 heteroatoms. The first-order chi connectivity index (χ1) is 12.1. The molecular formula is C19H23N3O2S. The number of rotatable bonds is 7. The van der Waals surface area contributed by atoms with Crippen molar-refractivity contribution in [3.8, 4) is 11.3 Å². The van der Waals surface area contributed by atoms with Gasteiger partial charge in [-0.25, -0.2) is 4.98 Å². The number of nitrogens with zero attached hydrogens (tertiary/aromatic N) is 2. The molecule has 3 rings (SSSR count). The summed E-state index contributed by atoms with van der Waals surface area (Å²) in [7, 11) is 0. The van der Waals surface area contributed by atoms with Crippen molar-refractivity contribution in [1.82, 2.24) is 14.7 Å². The fraction of sp³-hybridized carbons (Fsp3) is 0.368. The Balaban J connectivity index is 1.75. The van der Waals surface area contributed by atoms with Crippen molar-refractivity contribution in [1.29, 1.82) is 0 Å². The minimum Gasteiger partial charge on any atom is -0.394 e. The summed E-state index contributed by atoms with van der Waals surface area (Å²) in [4.78, 5) is 17.9. The number of hydrogen-bond acceptors (Lipinski definition) is 4. The Bertz CT molecular complexity index is 841. The van der Waals surface area contributed by atoms with Crippen LogP contribution >= 0.6 is 11.3 Å². The van der Waals surface area contributed by atoms with Crippen LogP contribution < -0.4 is 5.32 Å². The second-order valence-electron chi connectivity index (χ2n) is 6.29. The highest BCUT2D eigenvalue weighted by atomic mass is 32.1. The van der Waals surface area contributed by atoms with Crippen LogP contribution in [0.25, 0.3) is 16.2 Å². The van der Waals surface area contributed by atoms with Gasteiger partial charge in [-0.15, -0.1) is 11.3 Å². The van der Waals surface area contributed by atoms with Crippen LogP contribution in [0.3, 0.4) is 0 Å². The van der Waals surface area contributed by atoms with Crippen LogP contribution in [0.2, 0.25) is 0 Å². The van der Waals surface area contributed by atoms with Crippen LogP contribution in [-0.4, -0.2) is 33.0 Å². The lowest BCUT2D eigenvalue weighted by atomic mass is 10.00. The maximum Gasteiger partial charge on any atom is 0.226 e. The van der Waals surface area contributed by atoms with Gasteiger partial charge in [0.2, 0.25) is 5.91 Å². The molecule has 0 radical (unpaired) electrons. The molecule has 2 heterocycles. The maximum atomic E-state index is 12.4. The highest BCUT2D eigenvalue weighted by molar-refractivity contribution is 7.15. The molecule has 0 aliphatic carbocycles. The molecule has 0 spiro atoms. The van der Waals surface area contributed by atoms with Gasteiger partial charge in [-0.1, -0.05) is 50.6 Å². The Morgan fingerprint density at radius 1 is 1.36 bits per heavy atom. The van der Waals surface area contributed by atoms with E-state index in [-0.39, 0.29) is 30.9 Å². The fourth-order valence-electron chi connectivity index (χ4n) is 2.78. The van der Waals surface area contributed by atoms with Gasteiger partial charge in [-0.2, -0.15) is 0 Å². The van der Waals surface area contributed by atoms with Gasteiger partial charge in [0.05, 0.1) is 24.8 Å². The lowest BCUT2D eigenvalue weighted by Gasteiger charge is -2.22. The van der Waals surface area contributed by atoms with Crippen LogP contribution in [0, 0.1) is 5.92 Å². The predicted molar refractivity (Wildman–Crippen MR) is 101 cm³/mol. The number of benzene rings is 1. The van der Waals surface area contributed by atoms with Gasteiger partial charge >= 0.3 is 0 Å². The molecule has 2 aromatic heterocycles. The number of aromatic nitrogens is 2. The quantitative estimate of drug-likeness (QED) is 0.683. The van der Waals surface area contributed by atoms with Crippen molar-refractivity contribution >= 4 is 22.2 Å². The van der Waals surface area contributed by atoms with E-state index in [2.05, 4.69) is 17.2 Å². The Hall–Kier alpha value is -2.18. The molecule has 5 nitrogen and oxygen atoms in total. The average Bonchev–Trinajstić information content (AvgIpc) is 3.22.